The maximum Gasteiger partial charge on any atom is 0.0346 e. The van der Waals surface area contributed by atoms with E-state index in [4.69, 9.17) is 0 Å². The second-order valence-electron chi connectivity index (χ2n) is 10.7. The normalized spacial score (nSPS) is 11.3. The van der Waals surface area contributed by atoms with Crippen molar-refractivity contribution in [3.05, 3.63) is 158 Å². The Morgan fingerprint density at radius 1 is 0.310 bits per heavy atom. The molecule has 8 rings (SSSR count). The Bertz CT molecular complexity index is 2180. The number of benzene rings is 6. The first kappa shape index (κ1) is 24.2. The van der Waals surface area contributed by atoms with Crippen molar-refractivity contribution in [1.82, 2.24) is 9.97 Å². The molecule has 0 bridgehead atoms. The lowest BCUT2D eigenvalue weighted by Crippen LogP contribution is -1.91. The number of pyridine rings is 2. The Balaban J connectivity index is 1.28. The Morgan fingerprint density at radius 3 is 1.43 bits per heavy atom. The number of rotatable bonds is 4. The lowest BCUT2D eigenvalue weighted by Gasteiger charge is -2.18. The fourth-order valence-electron chi connectivity index (χ4n) is 6.24. The highest BCUT2D eigenvalue weighted by atomic mass is 14.6. The van der Waals surface area contributed by atoms with Gasteiger partial charge in [0.25, 0.3) is 0 Å². The van der Waals surface area contributed by atoms with Crippen LogP contribution in [0.4, 0.5) is 0 Å². The monoisotopic (exact) mass is 534 g/mol. The van der Waals surface area contributed by atoms with Gasteiger partial charge < -0.3 is 0 Å². The van der Waals surface area contributed by atoms with Gasteiger partial charge in [0.15, 0.2) is 0 Å². The second kappa shape index (κ2) is 10.1. The quantitative estimate of drug-likeness (QED) is 0.210. The van der Waals surface area contributed by atoms with Gasteiger partial charge in [0, 0.05) is 35.9 Å². The lowest BCUT2D eigenvalue weighted by atomic mass is 9.85. The molecule has 0 atom stereocenters. The molecule has 196 valence electrons. The minimum atomic E-state index is 1.09. The van der Waals surface area contributed by atoms with E-state index in [-0.39, 0.29) is 0 Å². The minimum Gasteiger partial charge on any atom is -0.265 e. The molecule has 0 radical (unpaired) electrons. The fraction of sp³-hybridized carbons (Fsp3) is 0. The molecule has 0 fully saturated rings. The van der Waals surface area contributed by atoms with E-state index in [1.165, 1.54) is 54.6 Å². The first-order chi connectivity index (χ1) is 20.8. The van der Waals surface area contributed by atoms with Gasteiger partial charge in [-0.15, -0.1) is 0 Å². The maximum absolute atomic E-state index is 4.54. The SMILES string of the molecule is c1ccc(-c2c3ccccc3c(-c3ccc4cc(-c5cncc(-c6ccncc6)c5)ccc4c3)c3ccccc23)cc1. The van der Waals surface area contributed by atoms with Crippen molar-refractivity contribution in [2.75, 3.05) is 0 Å². The zero-order chi connectivity index (χ0) is 27.9. The molecule has 0 aliphatic carbocycles. The van der Waals surface area contributed by atoms with Crippen molar-refractivity contribution in [2.45, 2.75) is 0 Å². The van der Waals surface area contributed by atoms with Gasteiger partial charge in [-0.3, -0.25) is 9.97 Å². The van der Waals surface area contributed by atoms with Crippen LogP contribution in [0.5, 0.6) is 0 Å². The molecule has 0 spiro atoms. The van der Waals surface area contributed by atoms with E-state index in [0.29, 0.717) is 0 Å². The van der Waals surface area contributed by atoms with Crippen LogP contribution >= 0.6 is 0 Å². The van der Waals surface area contributed by atoms with Crippen molar-refractivity contribution in [3.63, 3.8) is 0 Å². The molecule has 2 heteroatoms. The molecule has 42 heavy (non-hydrogen) atoms. The highest BCUT2D eigenvalue weighted by molar-refractivity contribution is 6.21. The molecule has 0 amide bonds. The van der Waals surface area contributed by atoms with Crippen LogP contribution in [0.2, 0.25) is 0 Å². The third-order valence-corrected chi connectivity index (χ3v) is 8.21. The molecule has 2 heterocycles. The third kappa shape index (κ3) is 4.13. The second-order valence-corrected chi connectivity index (χ2v) is 10.7. The van der Waals surface area contributed by atoms with Gasteiger partial charge in [-0.2, -0.15) is 0 Å². The summed E-state index contributed by atoms with van der Waals surface area (Å²) < 4.78 is 0. The van der Waals surface area contributed by atoms with E-state index in [9.17, 15) is 0 Å². The summed E-state index contributed by atoms with van der Waals surface area (Å²) in [5.41, 5.74) is 9.49. The number of hydrogen-bond donors (Lipinski definition) is 0. The van der Waals surface area contributed by atoms with Crippen LogP contribution in [0.15, 0.2) is 158 Å². The van der Waals surface area contributed by atoms with E-state index in [1.54, 1.807) is 0 Å². The first-order valence-corrected chi connectivity index (χ1v) is 14.2. The Morgan fingerprint density at radius 2 is 0.810 bits per heavy atom. The summed E-state index contributed by atoms with van der Waals surface area (Å²) in [6.45, 7) is 0. The molecule has 0 unspecified atom stereocenters. The Labute approximate surface area is 244 Å². The smallest absolute Gasteiger partial charge is 0.0346 e. The number of fused-ring (bicyclic) bond motifs is 3. The van der Waals surface area contributed by atoms with Gasteiger partial charge in [-0.05, 0) is 96.0 Å². The van der Waals surface area contributed by atoms with Crippen LogP contribution in [0, 0.1) is 0 Å². The topological polar surface area (TPSA) is 25.8 Å². The van der Waals surface area contributed by atoms with Crippen molar-refractivity contribution >= 4 is 32.3 Å². The molecule has 0 saturated carbocycles. The fourth-order valence-corrected chi connectivity index (χ4v) is 6.24. The molecule has 2 aromatic heterocycles. The van der Waals surface area contributed by atoms with Crippen molar-refractivity contribution in [2.24, 2.45) is 0 Å². The minimum absolute atomic E-state index is 1.09. The molecular formula is C40H26N2. The Kier molecular flexibility index (Phi) is 5.82. The average molecular weight is 535 g/mol. The Hall–Kier alpha value is -5.60. The number of nitrogens with zero attached hydrogens (tertiary/aromatic N) is 2. The van der Waals surface area contributed by atoms with E-state index >= 15 is 0 Å². The van der Waals surface area contributed by atoms with E-state index in [1.807, 2.05) is 36.9 Å². The molecule has 0 N–H and O–H groups in total. The van der Waals surface area contributed by atoms with E-state index < -0.39 is 0 Å². The van der Waals surface area contributed by atoms with Gasteiger partial charge in [0.05, 0.1) is 0 Å². The highest BCUT2D eigenvalue weighted by Crippen LogP contribution is 2.44. The van der Waals surface area contributed by atoms with Gasteiger partial charge in [-0.1, -0.05) is 103 Å². The standard InChI is InChI=1S/C40H26N2/c1-2-8-28(9-3-1)39-35-10-4-6-12-37(35)40(38-13-7-5-11-36(38)39)32-17-16-29-22-31(15-14-30(29)23-32)34-24-33(25-42-26-34)27-18-20-41-21-19-27/h1-26H. The number of hydrogen-bond acceptors (Lipinski definition) is 2. The van der Waals surface area contributed by atoms with Crippen LogP contribution in [-0.2, 0) is 0 Å². The first-order valence-electron chi connectivity index (χ1n) is 14.2. The molecular weight excluding hydrogens is 508 g/mol. The average Bonchev–Trinajstić information content (AvgIpc) is 3.07. The van der Waals surface area contributed by atoms with Crippen LogP contribution < -0.4 is 0 Å². The summed E-state index contributed by atoms with van der Waals surface area (Å²) in [5, 5.41) is 7.51. The molecule has 0 saturated heterocycles. The van der Waals surface area contributed by atoms with E-state index in [2.05, 4.69) is 131 Å². The zero-order valence-corrected chi connectivity index (χ0v) is 22.9. The summed E-state index contributed by atoms with van der Waals surface area (Å²) >= 11 is 0. The van der Waals surface area contributed by atoms with Crippen LogP contribution in [0.25, 0.3) is 76.8 Å². The summed E-state index contributed by atoms with van der Waals surface area (Å²) in [7, 11) is 0. The van der Waals surface area contributed by atoms with Crippen LogP contribution in [-0.4, -0.2) is 9.97 Å². The predicted molar refractivity (Wildman–Crippen MR) is 176 cm³/mol. The molecule has 2 nitrogen and oxygen atoms in total. The van der Waals surface area contributed by atoms with Gasteiger partial charge >= 0.3 is 0 Å². The van der Waals surface area contributed by atoms with Crippen LogP contribution in [0.3, 0.4) is 0 Å². The van der Waals surface area contributed by atoms with Gasteiger partial charge in [0.1, 0.15) is 0 Å². The van der Waals surface area contributed by atoms with E-state index in [0.717, 1.165) is 22.3 Å². The van der Waals surface area contributed by atoms with Crippen molar-refractivity contribution in [3.8, 4) is 44.5 Å². The summed E-state index contributed by atoms with van der Waals surface area (Å²) in [5.74, 6) is 0. The van der Waals surface area contributed by atoms with Gasteiger partial charge in [0.2, 0.25) is 0 Å². The highest BCUT2D eigenvalue weighted by Gasteiger charge is 2.16. The van der Waals surface area contributed by atoms with Crippen molar-refractivity contribution in [1.29, 1.82) is 0 Å². The lowest BCUT2D eigenvalue weighted by molar-refractivity contribution is 1.30. The number of aromatic nitrogens is 2. The summed E-state index contributed by atoms with van der Waals surface area (Å²) in [4.78, 5) is 8.68. The molecule has 0 aliphatic rings. The molecule has 8 aromatic rings. The maximum atomic E-state index is 4.54. The van der Waals surface area contributed by atoms with Crippen molar-refractivity contribution < 1.29 is 0 Å². The molecule has 0 aliphatic heterocycles. The summed E-state index contributed by atoms with van der Waals surface area (Å²) in [6.07, 6.45) is 7.48. The van der Waals surface area contributed by atoms with Gasteiger partial charge in [-0.25, -0.2) is 0 Å². The zero-order valence-electron chi connectivity index (χ0n) is 22.9. The molecule has 6 aromatic carbocycles. The third-order valence-electron chi connectivity index (χ3n) is 8.21. The largest absolute Gasteiger partial charge is 0.265 e. The summed E-state index contributed by atoms with van der Waals surface area (Å²) in [6, 6.07) is 48.2. The predicted octanol–water partition coefficient (Wildman–Crippen LogP) is 10.6. The van der Waals surface area contributed by atoms with Crippen LogP contribution in [0.1, 0.15) is 0 Å².